The number of hydrogen-bond acceptors (Lipinski definition) is 6. The molecule has 7 heteroatoms. The maximum atomic E-state index is 12.2. The first-order valence-corrected chi connectivity index (χ1v) is 9.94. The van der Waals surface area contributed by atoms with E-state index in [1.807, 2.05) is 32.9 Å². The number of carbonyl (C=O) groups is 2. The van der Waals surface area contributed by atoms with Crippen molar-refractivity contribution < 1.29 is 23.5 Å². The molecular formula is C24H25NO6. The summed E-state index contributed by atoms with van der Waals surface area (Å²) in [6.07, 6.45) is 0. The number of ether oxygens (including phenoxy) is 2. The summed E-state index contributed by atoms with van der Waals surface area (Å²) in [7, 11) is 0. The van der Waals surface area contributed by atoms with Crippen LogP contribution in [0.3, 0.4) is 0 Å². The van der Waals surface area contributed by atoms with E-state index in [1.54, 1.807) is 26.0 Å². The van der Waals surface area contributed by atoms with Gasteiger partial charge in [-0.25, -0.2) is 9.59 Å². The SMILES string of the molecule is Cc1ccc(C)c(OCC(=O)Oc2ccc3cc(C(=O)NC(C)C)c(=O)oc3c2)c1C. The molecule has 0 aliphatic heterocycles. The van der Waals surface area contributed by atoms with Crippen LogP contribution >= 0.6 is 0 Å². The molecule has 3 rings (SSSR count). The lowest BCUT2D eigenvalue weighted by molar-refractivity contribution is -0.136. The average molecular weight is 423 g/mol. The third-order valence-corrected chi connectivity index (χ3v) is 4.81. The zero-order valence-corrected chi connectivity index (χ0v) is 18.2. The first kappa shape index (κ1) is 22.1. The molecule has 2 aromatic carbocycles. The van der Waals surface area contributed by atoms with Crippen LogP contribution in [0, 0.1) is 20.8 Å². The van der Waals surface area contributed by atoms with E-state index in [9.17, 15) is 14.4 Å². The van der Waals surface area contributed by atoms with Crippen LogP contribution < -0.4 is 20.4 Å². The summed E-state index contributed by atoms with van der Waals surface area (Å²) >= 11 is 0. The molecule has 0 saturated heterocycles. The third kappa shape index (κ3) is 5.12. The highest BCUT2D eigenvalue weighted by Crippen LogP contribution is 2.26. The van der Waals surface area contributed by atoms with Gasteiger partial charge in [0.15, 0.2) is 6.61 Å². The molecule has 0 saturated carbocycles. The fraction of sp³-hybridized carbons (Fsp3) is 0.292. The second-order valence-electron chi connectivity index (χ2n) is 7.69. The molecule has 7 nitrogen and oxygen atoms in total. The maximum absolute atomic E-state index is 12.2. The largest absolute Gasteiger partial charge is 0.481 e. The Labute approximate surface area is 180 Å². The Balaban J connectivity index is 1.74. The Morgan fingerprint density at radius 1 is 1.03 bits per heavy atom. The molecule has 0 fully saturated rings. The van der Waals surface area contributed by atoms with Crippen molar-refractivity contribution >= 4 is 22.8 Å². The van der Waals surface area contributed by atoms with Gasteiger partial charge in [-0.1, -0.05) is 12.1 Å². The summed E-state index contributed by atoms with van der Waals surface area (Å²) in [5.41, 5.74) is 2.34. The van der Waals surface area contributed by atoms with Gasteiger partial charge in [-0.05, 0) is 69.5 Å². The van der Waals surface area contributed by atoms with E-state index in [-0.39, 0.29) is 29.5 Å². The minimum absolute atomic E-state index is 0.0803. The van der Waals surface area contributed by atoms with Gasteiger partial charge in [-0.2, -0.15) is 0 Å². The molecule has 1 heterocycles. The van der Waals surface area contributed by atoms with Gasteiger partial charge in [0.1, 0.15) is 22.6 Å². The smallest absolute Gasteiger partial charge is 0.349 e. The lowest BCUT2D eigenvalue weighted by Crippen LogP contribution is -2.33. The van der Waals surface area contributed by atoms with Crippen molar-refractivity contribution in [3.8, 4) is 11.5 Å². The van der Waals surface area contributed by atoms with Crippen molar-refractivity contribution in [1.29, 1.82) is 0 Å². The zero-order valence-electron chi connectivity index (χ0n) is 18.2. The molecule has 0 atom stereocenters. The van der Waals surface area contributed by atoms with E-state index in [0.717, 1.165) is 16.7 Å². The number of nitrogens with one attached hydrogen (secondary N) is 1. The number of amides is 1. The van der Waals surface area contributed by atoms with Gasteiger partial charge in [-0.3, -0.25) is 4.79 Å². The molecule has 162 valence electrons. The molecular weight excluding hydrogens is 398 g/mol. The van der Waals surface area contributed by atoms with Crippen LogP contribution in [0.5, 0.6) is 11.5 Å². The number of fused-ring (bicyclic) bond motifs is 1. The highest BCUT2D eigenvalue weighted by Gasteiger charge is 2.16. The topological polar surface area (TPSA) is 94.8 Å². The van der Waals surface area contributed by atoms with E-state index in [0.29, 0.717) is 11.1 Å². The number of rotatable bonds is 6. The van der Waals surface area contributed by atoms with Crippen LogP contribution in [-0.2, 0) is 4.79 Å². The Kier molecular flexibility index (Phi) is 6.44. The number of aryl methyl sites for hydroxylation is 2. The third-order valence-electron chi connectivity index (χ3n) is 4.81. The van der Waals surface area contributed by atoms with Gasteiger partial charge in [0.2, 0.25) is 0 Å². The number of esters is 1. The first-order chi connectivity index (χ1) is 14.7. The van der Waals surface area contributed by atoms with Crippen LogP contribution in [0.15, 0.2) is 45.6 Å². The van der Waals surface area contributed by atoms with Crippen molar-refractivity contribution in [3.05, 3.63) is 69.1 Å². The van der Waals surface area contributed by atoms with Gasteiger partial charge < -0.3 is 19.2 Å². The lowest BCUT2D eigenvalue weighted by Gasteiger charge is -2.13. The summed E-state index contributed by atoms with van der Waals surface area (Å²) in [6.45, 7) is 9.15. The summed E-state index contributed by atoms with van der Waals surface area (Å²) < 4.78 is 16.2. The standard InChI is InChI=1S/C24H25NO6/c1-13(2)25-23(27)19-10-17-8-9-18(11-20(17)31-24(19)28)30-21(26)12-29-22-15(4)7-6-14(3)16(22)5/h6-11,13H,12H2,1-5H3,(H,25,27). The predicted octanol–water partition coefficient (Wildman–Crippen LogP) is 3.84. The normalized spacial score (nSPS) is 10.9. The van der Waals surface area contributed by atoms with Crippen molar-refractivity contribution in [2.24, 2.45) is 0 Å². The van der Waals surface area contributed by atoms with E-state index in [4.69, 9.17) is 13.9 Å². The molecule has 0 radical (unpaired) electrons. The quantitative estimate of drug-likeness (QED) is 0.368. The minimum atomic E-state index is -0.761. The van der Waals surface area contributed by atoms with Gasteiger partial charge >= 0.3 is 11.6 Å². The molecule has 3 aromatic rings. The van der Waals surface area contributed by atoms with Crippen molar-refractivity contribution in [2.45, 2.75) is 40.7 Å². The summed E-state index contributed by atoms with van der Waals surface area (Å²) in [5.74, 6) is -0.218. The lowest BCUT2D eigenvalue weighted by atomic mass is 10.1. The second kappa shape index (κ2) is 9.04. The van der Waals surface area contributed by atoms with E-state index in [1.165, 1.54) is 12.1 Å². The van der Waals surface area contributed by atoms with Gasteiger partial charge in [0.25, 0.3) is 5.91 Å². The number of hydrogen-bond donors (Lipinski definition) is 1. The predicted molar refractivity (Wildman–Crippen MR) is 117 cm³/mol. The summed E-state index contributed by atoms with van der Waals surface area (Å²) in [5, 5.41) is 3.20. The molecule has 1 N–H and O–H groups in total. The maximum Gasteiger partial charge on any atom is 0.349 e. The fourth-order valence-electron chi connectivity index (χ4n) is 3.09. The molecule has 0 unspecified atom stereocenters. The highest BCUT2D eigenvalue weighted by atomic mass is 16.6. The molecule has 0 aliphatic rings. The highest BCUT2D eigenvalue weighted by molar-refractivity contribution is 5.96. The van der Waals surface area contributed by atoms with E-state index in [2.05, 4.69) is 5.32 Å². The van der Waals surface area contributed by atoms with Gasteiger partial charge in [0.05, 0.1) is 0 Å². The van der Waals surface area contributed by atoms with Crippen LogP contribution in [-0.4, -0.2) is 24.5 Å². The van der Waals surface area contributed by atoms with Crippen LogP contribution in [0.4, 0.5) is 0 Å². The Bertz CT molecular complexity index is 1210. The second-order valence-corrected chi connectivity index (χ2v) is 7.69. The van der Waals surface area contributed by atoms with Crippen LogP contribution in [0.2, 0.25) is 0 Å². The fourth-order valence-corrected chi connectivity index (χ4v) is 3.09. The van der Waals surface area contributed by atoms with Crippen molar-refractivity contribution in [2.75, 3.05) is 6.61 Å². The molecule has 0 spiro atoms. The van der Waals surface area contributed by atoms with E-state index < -0.39 is 17.5 Å². The monoisotopic (exact) mass is 423 g/mol. The molecule has 31 heavy (non-hydrogen) atoms. The molecule has 1 amide bonds. The minimum Gasteiger partial charge on any atom is -0.481 e. The van der Waals surface area contributed by atoms with Gasteiger partial charge in [0, 0.05) is 17.5 Å². The Morgan fingerprint density at radius 2 is 1.74 bits per heavy atom. The number of benzene rings is 2. The number of carbonyl (C=O) groups excluding carboxylic acids is 2. The van der Waals surface area contributed by atoms with Gasteiger partial charge in [-0.15, -0.1) is 0 Å². The van der Waals surface area contributed by atoms with E-state index >= 15 is 0 Å². The Hall–Kier alpha value is -3.61. The zero-order chi connectivity index (χ0) is 22.7. The van der Waals surface area contributed by atoms with Crippen LogP contribution in [0.1, 0.15) is 40.9 Å². The Morgan fingerprint density at radius 3 is 2.45 bits per heavy atom. The first-order valence-electron chi connectivity index (χ1n) is 9.94. The van der Waals surface area contributed by atoms with Crippen LogP contribution in [0.25, 0.3) is 11.0 Å². The summed E-state index contributed by atoms with van der Waals surface area (Å²) in [6, 6.07) is 9.88. The van der Waals surface area contributed by atoms with Crippen molar-refractivity contribution in [3.63, 3.8) is 0 Å². The summed E-state index contributed by atoms with van der Waals surface area (Å²) in [4.78, 5) is 36.6. The molecule has 0 bridgehead atoms. The molecule has 0 aliphatic carbocycles. The average Bonchev–Trinajstić information content (AvgIpc) is 2.69. The van der Waals surface area contributed by atoms with Crippen molar-refractivity contribution in [1.82, 2.24) is 5.32 Å². The molecule has 1 aromatic heterocycles.